The van der Waals surface area contributed by atoms with Crippen molar-refractivity contribution >= 4 is 0 Å². The summed E-state index contributed by atoms with van der Waals surface area (Å²) in [6.45, 7) is 3.43. The Labute approximate surface area is 79.6 Å². The lowest BCUT2D eigenvalue weighted by Crippen LogP contribution is -2.31. The third-order valence-electron chi connectivity index (χ3n) is 2.77. The van der Waals surface area contributed by atoms with Gasteiger partial charge in [-0.2, -0.15) is 5.26 Å². The Balaban J connectivity index is 2.53. The van der Waals surface area contributed by atoms with Gasteiger partial charge in [-0.1, -0.05) is 0 Å². The van der Waals surface area contributed by atoms with Crippen molar-refractivity contribution in [3.05, 3.63) is 0 Å². The first kappa shape index (κ1) is 10.5. The Hall–Kier alpha value is -0.590. The lowest BCUT2D eigenvalue weighted by atomic mass is 9.77. The molecule has 0 amide bonds. The minimum absolute atomic E-state index is 0.165. The summed E-state index contributed by atoms with van der Waals surface area (Å²) in [5, 5.41) is 9.12. The number of nitriles is 1. The van der Waals surface area contributed by atoms with Crippen LogP contribution in [0.2, 0.25) is 0 Å². The molecule has 1 fully saturated rings. The molecule has 1 heterocycles. The highest BCUT2D eigenvalue weighted by Gasteiger charge is 2.34. The van der Waals surface area contributed by atoms with Crippen LogP contribution >= 0.6 is 0 Å². The number of methoxy groups -OCH3 is 1. The van der Waals surface area contributed by atoms with Crippen molar-refractivity contribution in [2.45, 2.75) is 32.3 Å². The summed E-state index contributed by atoms with van der Waals surface area (Å²) in [5.74, 6) is 0. The van der Waals surface area contributed by atoms with Crippen molar-refractivity contribution in [2.24, 2.45) is 5.41 Å². The summed E-state index contributed by atoms with van der Waals surface area (Å²) in [5.41, 5.74) is -0.201. The maximum atomic E-state index is 9.12. The third-order valence-corrected chi connectivity index (χ3v) is 2.77. The number of hydrogen-bond acceptors (Lipinski definition) is 3. The van der Waals surface area contributed by atoms with Gasteiger partial charge in [0.25, 0.3) is 0 Å². The monoisotopic (exact) mass is 183 g/mol. The summed E-state index contributed by atoms with van der Waals surface area (Å²) in [7, 11) is 1.69. The van der Waals surface area contributed by atoms with Crippen LogP contribution in [0, 0.1) is 16.7 Å². The molecule has 1 aliphatic rings. The van der Waals surface area contributed by atoms with Crippen LogP contribution in [0.1, 0.15) is 26.2 Å². The fraction of sp³-hybridized carbons (Fsp3) is 0.900. The molecule has 0 radical (unpaired) electrons. The van der Waals surface area contributed by atoms with E-state index in [9.17, 15) is 0 Å². The molecule has 74 valence electrons. The van der Waals surface area contributed by atoms with Crippen LogP contribution < -0.4 is 0 Å². The second-order valence-electron chi connectivity index (χ2n) is 3.75. The van der Waals surface area contributed by atoms with Crippen LogP contribution in [0.3, 0.4) is 0 Å². The molecule has 13 heavy (non-hydrogen) atoms. The second kappa shape index (κ2) is 4.59. The van der Waals surface area contributed by atoms with Gasteiger partial charge in [-0.05, 0) is 26.2 Å². The van der Waals surface area contributed by atoms with E-state index in [4.69, 9.17) is 14.7 Å². The Morgan fingerprint density at radius 3 is 2.62 bits per heavy atom. The van der Waals surface area contributed by atoms with E-state index >= 15 is 0 Å². The zero-order valence-corrected chi connectivity index (χ0v) is 8.38. The van der Waals surface area contributed by atoms with Crippen LogP contribution in [-0.4, -0.2) is 26.4 Å². The van der Waals surface area contributed by atoms with Gasteiger partial charge in [-0.15, -0.1) is 0 Å². The van der Waals surface area contributed by atoms with Crippen LogP contribution in [-0.2, 0) is 9.47 Å². The van der Waals surface area contributed by atoms with Gasteiger partial charge in [0.1, 0.15) is 0 Å². The molecule has 1 aliphatic heterocycles. The van der Waals surface area contributed by atoms with E-state index in [2.05, 4.69) is 6.07 Å². The quantitative estimate of drug-likeness (QED) is 0.669. The van der Waals surface area contributed by atoms with Gasteiger partial charge in [-0.25, -0.2) is 0 Å². The van der Waals surface area contributed by atoms with Gasteiger partial charge in [-0.3, -0.25) is 0 Å². The normalized spacial score (nSPS) is 23.5. The molecule has 1 saturated heterocycles. The molecular formula is C10H17NO2. The van der Waals surface area contributed by atoms with E-state index in [-0.39, 0.29) is 11.5 Å². The molecule has 0 spiro atoms. The van der Waals surface area contributed by atoms with Crippen molar-refractivity contribution in [1.82, 2.24) is 0 Å². The standard InChI is InChI=1S/C10H17NO2/c1-9(12-2)7-10(8-11)3-5-13-6-4-10/h9H,3-7H2,1-2H3. The summed E-state index contributed by atoms with van der Waals surface area (Å²) in [6.07, 6.45) is 2.68. The van der Waals surface area contributed by atoms with E-state index in [1.54, 1.807) is 7.11 Å². The van der Waals surface area contributed by atoms with Crippen molar-refractivity contribution in [3.63, 3.8) is 0 Å². The van der Waals surface area contributed by atoms with Crippen LogP contribution in [0.5, 0.6) is 0 Å². The van der Waals surface area contributed by atoms with Crippen molar-refractivity contribution in [1.29, 1.82) is 5.26 Å². The fourth-order valence-electron chi connectivity index (χ4n) is 1.76. The van der Waals surface area contributed by atoms with Gasteiger partial charge in [0, 0.05) is 20.3 Å². The average molecular weight is 183 g/mol. The van der Waals surface area contributed by atoms with Gasteiger partial charge < -0.3 is 9.47 Å². The Morgan fingerprint density at radius 1 is 1.54 bits per heavy atom. The minimum Gasteiger partial charge on any atom is -0.382 e. The molecule has 0 aliphatic carbocycles. The topological polar surface area (TPSA) is 42.2 Å². The maximum absolute atomic E-state index is 9.12. The molecule has 0 saturated carbocycles. The number of ether oxygens (including phenoxy) is 2. The van der Waals surface area contributed by atoms with Crippen LogP contribution in [0.15, 0.2) is 0 Å². The Kier molecular flexibility index (Phi) is 3.71. The highest BCUT2D eigenvalue weighted by atomic mass is 16.5. The molecule has 1 atom stereocenters. The maximum Gasteiger partial charge on any atom is 0.0692 e. The van der Waals surface area contributed by atoms with E-state index < -0.39 is 0 Å². The lowest BCUT2D eigenvalue weighted by molar-refractivity contribution is 0.00703. The molecule has 3 nitrogen and oxygen atoms in total. The molecule has 0 N–H and O–H groups in total. The van der Waals surface area contributed by atoms with E-state index in [0.717, 1.165) is 19.3 Å². The predicted molar refractivity (Wildman–Crippen MR) is 49.2 cm³/mol. The largest absolute Gasteiger partial charge is 0.382 e. The molecule has 3 heteroatoms. The Morgan fingerprint density at radius 2 is 2.15 bits per heavy atom. The van der Waals surface area contributed by atoms with Crippen molar-refractivity contribution in [3.8, 4) is 6.07 Å². The molecule has 1 unspecified atom stereocenters. The van der Waals surface area contributed by atoms with Gasteiger partial charge >= 0.3 is 0 Å². The van der Waals surface area contributed by atoms with Crippen molar-refractivity contribution < 1.29 is 9.47 Å². The zero-order chi connectivity index (χ0) is 9.73. The molecule has 0 bridgehead atoms. The first-order valence-electron chi connectivity index (χ1n) is 4.74. The minimum atomic E-state index is -0.201. The number of hydrogen-bond donors (Lipinski definition) is 0. The SMILES string of the molecule is COC(C)CC1(C#N)CCOCC1. The summed E-state index contributed by atoms with van der Waals surface area (Å²) >= 11 is 0. The zero-order valence-electron chi connectivity index (χ0n) is 8.38. The van der Waals surface area contributed by atoms with Gasteiger partial charge in [0.05, 0.1) is 17.6 Å². The predicted octanol–water partition coefficient (Wildman–Crippen LogP) is 1.73. The number of nitrogens with zero attached hydrogens (tertiary/aromatic N) is 1. The Bertz CT molecular complexity index is 192. The highest BCUT2D eigenvalue weighted by molar-refractivity contribution is 5.01. The lowest BCUT2D eigenvalue weighted by Gasteiger charge is -2.32. The first-order valence-corrected chi connectivity index (χ1v) is 4.74. The molecule has 0 aromatic heterocycles. The van der Waals surface area contributed by atoms with Crippen LogP contribution in [0.4, 0.5) is 0 Å². The van der Waals surface area contributed by atoms with E-state index in [1.807, 2.05) is 6.92 Å². The fourth-order valence-corrected chi connectivity index (χ4v) is 1.76. The van der Waals surface area contributed by atoms with Crippen molar-refractivity contribution in [2.75, 3.05) is 20.3 Å². The molecule has 1 rings (SSSR count). The highest BCUT2D eigenvalue weighted by Crippen LogP contribution is 2.34. The third kappa shape index (κ3) is 2.68. The number of rotatable bonds is 3. The molecule has 0 aromatic carbocycles. The molecule has 0 aromatic rings. The summed E-state index contributed by atoms with van der Waals surface area (Å²) in [4.78, 5) is 0. The molecular weight excluding hydrogens is 166 g/mol. The van der Waals surface area contributed by atoms with E-state index in [1.165, 1.54) is 0 Å². The first-order chi connectivity index (χ1) is 6.22. The second-order valence-corrected chi connectivity index (χ2v) is 3.75. The van der Waals surface area contributed by atoms with E-state index in [0.29, 0.717) is 13.2 Å². The summed E-state index contributed by atoms with van der Waals surface area (Å²) in [6, 6.07) is 2.42. The average Bonchev–Trinajstić information content (AvgIpc) is 2.19. The smallest absolute Gasteiger partial charge is 0.0692 e. The van der Waals surface area contributed by atoms with Gasteiger partial charge in [0.2, 0.25) is 0 Å². The van der Waals surface area contributed by atoms with Crippen LogP contribution in [0.25, 0.3) is 0 Å². The van der Waals surface area contributed by atoms with Gasteiger partial charge in [0.15, 0.2) is 0 Å². The summed E-state index contributed by atoms with van der Waals surface area (Å²) < 4.78 is 10.4.